The lowest BCUT2D eigenvalue weighted by Gasteiger charge is -2.20. The smallest absolute Gasteiger partial charge is 0.212 e. The summed E-state index contributed by atoms with van der Waals surface area (Å²) in [6, 6.07) is 10.9. The molecule has 0 radical (unpaired) electrons. The highest BCUT2D eigenvalue weighted by atomic mass is 32.2. The van der Waals surface area contributed by atoms with Gasteiger partial charge in [0.05, 0.1) is 5.75 Å². The normalized spacial score (nSPS) is 19.3. The minimum absolute atomic E-state index is 0.0433. The first kappa shape index (κ1) is 19.3. The van der Waals surface area contributed by atoms with E-state index in [1.165, 1.54) is 22.1 Å². The van der Waals surface area contributed by atoms with Crippen LogP contribution in [-0.4, -0.2) is 31.6 Å². The van der Waals surface area contributed by atoms with Crippen molar-refractivity contribution < 1.29 is 17.2 Å². The number of rotatable bonds is 4. The Bertz CT molecular complexity index is 887. The molecule has 1 heterocycles. The highest BCUT2D eigenvalue weighted by molar-refractivity contribution is 7.99. The first-order valence-corrected chi connectivity index (χ1v) is 11.1. The van der Waals surface area contributed by atoms with Gasteiger partial charge in [0.2, 0.25) is 10.0 Å². The van der Waals surface area contributed by atoms with E-state index in [9.17, 15) is 17.2 Å². The average Bonchev–Trinajstić information content (AvgIpc) is 2.83. The van der Waals surface area contributed by atoms with Crippen LogP contribution in [0.3, 0.4) is 0 Å². The minimum atomic E-state index is -3.45. The van der Waals surface area contributed by atoms with Gasteiger partial charge >= 0.3 is 0 Å². The van der Waals surface area contributed by atoms with Crippen LogP contribution >= 0.6 is 11.8 Å². The van der Waals surface area contributed by atoms with Gasteiger partial charge in [-0.15, -0.1) is 0 Å². The van der Waals surface area contributed by atoms with Gasteiger partial charge in [0.25, 0.3) is 0 Å². The molecule has 1 fully saturated rings. The van der Waals surface area contributed by atoms with E-state index in [4.69, 9.17) is 0 Å². The lowest BCUT2D eigenvalue weighted by Crippen LogP contribution is -2.34. The Morgan fingerprint density at radius 2 is 1.96 bits per heavy atom. The van der Waals surface area contributed by atoms with Gasteiger partial charge < -0.3 is 0 Å². The Morgan fingerprint density at radius 1 is 1.15 bits per heavy atom. The third kappa shape index (κ3) is 4.64. The molecule has 0 amide bonds. The van der Waals surface area contributed by atoms with Crippen molar-refractivity contribution in [3.05, 3.63) is 70.8 Å². The molecule has 1 saturated heterocycles. The predicted molar refractivity (Wildman–Crippen MR) is 102 cm³/mol. The summed E-state index contributed by atoms with van der Waals surface area (Å²) in [7, 11) is -3.45. The van der Waals surface area contributed by atoms with E-state index in [-0.39, 0.29) is 11.0 Å². The molecular formula is C19H21F2NO2S2. The summed E-state index contributed by atoms with van der Waals surface area (Å²) in [6.45, 7) is 2.62. The van der Waals surface area contributed by atoms with Crippen molar-refractivity contribution in [2.24, 2.45) is 0 Å². The standard InChI is InChI=1S/C19H21F2NO2S2/c1-14-3-2-4-15(11-14)13-26(23,24)22-8-7-19(25-10-9-22)17-12-16(20)5-6-18(17)21/h2-6,11-12,19H,7-10,13H2,1H3. The quantitative estimate of drug-likeness (QED) is 0.773. The number of benzene rings is 2. The van der Waals surface area contributed by atoms with Crippen molar-refractivity contribution in [2.75, 3.05) is 18.8 Å². The molecule has 1 atom stereocenters. The van der Waals surface area contributed by atoms with Crippen molar-refractivity contribution in [3.8, 4) is 0 Å². The van der Waals surface area contributed by atoms with E-state index in [2.05, 4.69) is 0 Å². The Morgan fingerprint density at radius 3 is 2.73 bits per heavy atom. The third-order valence-corrected chi connectivity index (χ3v) is 7.59. The molecule has 1 unspecified atom stereocenters. The minimum Gasteiger partial charge on any atom is -0.212 e. The highest BCUT2D eigenvalue weighted by Crippen LogP contribution is 2.36. The Labute approximate surface area is 157 Å². The van der Waals surface area contributed by atoms with Crippen molar-refractivity contribution >= 4 is 21.8 Å². The third-order valence-electron chi connectivity index (χ3n) is 4.43. The number of aryl methyl sites for hydroxylation is 1. The maximum absolute atomic E-state index is 14.0. The molecule has 0 bridgehead atoms. The summed E-state index contributed by atoms with van der Waals surface area (Å²) in [5.74, 6) is -0.415. The van der Waals surface area contributed by atoms with E-state index < -0.39 is 21.7 Å². The van der Waals surface area contributed by atoms with Crippen molar-refractivity contribution in [3.63, 3.8) is 0 Å². The molecule has 3 rings (SSSR count). The van der Waals surface area contributed by atoms with E-state index in [1.807, 2.05) is 31.2 Å². The fourth-order valence-corrected chi connectivity index (χ4v) is 6.04. The zero-order chi connectivity index (χ0) is 18.7. The number of hydrogen-bond acceptors (Lipinski definition) is 3. The molecule has 1 aliphatic heterocycles. The van der Waals surface area contributed by atoms with Gasteiger partial charge in [-0.25, -0.2) is 21.5 Å². The van der Waals surface area contributed by atoms with E-state index in [0.29, 0.717) is 30.8 Å². The van der Waals surface area contributed by atoms with Crippen molar-refractivity contribution in [1.29, 1.82) is 0 Å². The summed E-state index contributed by atoms with van der Waals surface area (Å²) in [4.78, 5) is 0. The number of halogens is 2. The van der Waals surface area contributed by atoms with E-state index in [0.717, 1.165) is 23.3 Å². The molecule has 1 aliphatic rings. The molecule has 2 aromatic carbocycles. The molecule has 7 heteroatoms. The van der Waals surface area contributed by atoms with Gasteiger partial charge in [-0.3, -0.25) is 0 Å². The lowest BCUT2D eigenvalue weighted by atomic mass is 10.1. The van der Waals surface area contributed by atoms with Gasteiger partial charge in [-0.1, -0.05) is 29.8 Å². The zero-order valence-electron chi connectivity index (χ0n) is 14.5. The molecule has 0 spiro atoms. The van der Waals surface area contributed by atoms with Crippen LogP contribution in [0.1, 0.15) is 28.4 Å². The summed E-state index contributed by atoms with van der Waals surface area (Å²) >= 11 is 1.48. The van der Waals surface area contributed by atoms with Gasteiger partial charge in [0, 0.05) is 29.7 Å². The second-order valence-electron chi connectivity index (χ2n) is 6.46. The van der Waals surface area contributed by atoms with E-state index >= 15 is 0 Å². The SMILES string of the molecule is Cc1cccc(CS(=O)(=O)N2CCSC(c3cc(F)ccc3F)CC2)c1. The Hall–Kier alpha value is -1.44. The monoisotopic (exact) mass is 397 g/mol. The van der Waals surface area contributed by atoms with Crippen LogP contribution in [0.5, 0.6) is 0 Å². The number of hydrogen-bond donors (Lipinski definition) is 0. The second kappa shape index (κ2) is 8.06. The van der Waals surface area contributed by atoms with Gasteiger partial charge in [-0.2, -0.15) is 11.8 Å². The van der Waals surface area contributed by atoms with E-state index in [1.54, 1.807) is 0 Å². The summed E-state index contributed by atoms with van der Waals surface area (Å²) in [5, 5.41) is -0.245. The molecular weight excluding hydrogens is 376 g/mol. The van der Waals surface area contributed by atoms with Crippen LogP contribution in [0.2, 0.25) is 0 Å². The average molecular weight is 398 g/mol. The fraction of sp³-hybridized carbons (Fsp3) is 0.368. The first-order chi connectivity index (χ1) is 12.3. The summed E-state index contributed by atoms with van der Waals surface area (Å²) < 4.78 is 54.5. The summed E-state index contributed by atoms with van der Waals surface area (Å²) in [6.07, 6.45) is 0.456. The molecule has 140 valence electrons. The van der Waals surface area contributed by atoms with Crippen LogP contribution in [0.15, 0.2) is 42.5 Å². The number of thioether (sulfide) groups is 1. The molecule has 0 N–H and O–H groups in total. The number of sulfonamides is 1. The Kier molecular flexibility index (Phi) is 5.99. The van der Waals surface area contributed by atoms with Crippen LogP contribution in [-0.2, 0) is 15.8 Å². The Balaban J connectivity index is 1.72. The van der Waals surface area contributed by atoms with Crippen LogP contribution in [0, 0.1) is 18.6 Å². The maximum atomic E-state index is 14.0. The van der Waals surface area contributed by atoms with Crippen LogP contribution in [0.4, 0.5) is 8.78 Å². The fourth-order valence-electron chi connectivity index (χ4n) is 3.14. The lowest BCUT2D eigenvalue weighted by molar-refractivity contribution is 0.426. The molecule has 2 aromatic rings. The molecule has 26 heavy (non-hydrogen) atoms. The highest BCUT2D eigenvalue weighted by Gasteiger charge is 2.28. The predicted octanol–water partition coefficient (Wildman–Crippen LogP) is 4.28. The second-order valence-corrected chi connectivity index (χ2v) is 9.74. The number of nitrogens with zero attached hydrogens (tertiary/aromatic N) is 1. The zero-order valence-corrected chi connectivity index (χ0v) is 16.1. The van der Waals surface area contributed by atoms with Crippen LogP contribution in [0.25, 0.3) is 0 Å². The molecule has 0 aromatic heterocycles. The summed E-state index contributed by atoms with van der Waals surface area (Å²) in [5.41, 5.74) is 2.09. The molecule has 0 aliphatic carbocycles. The molecule has 3 nitrogen and oxygen atoms in total. The topological polar surface area (TPSA) is 37.4 Å². The van der Waals surface area contributed by atoms with Crippen molar-refractivity contribution in [1.82, 2.24) is 4.31 Å². The van der Waals surface area contributed by atoms with Gasteiger partial charge in [-0.05, 0) is 37.1 Å². The first-order valence-electron chi connectivity index (χ1n) is 8.45. The van der Waals surface area contributed by atoms with Crippen LogP contribution < -0.4 is 0 Å². The largest absolute Gasteiger partial charge is 0.218 e. The maximum Gasteiger partial charge on any atom is 0.218 e. The van der Waals surface area contributed by atoms with Gasteiger partial charge in [0.15, 0.2) is 0 Å². The molecule has 0 saturated carbocycles. The van der Waals surface area contributed by atoms with Gasteiger partial charge in [0.1, 0.15) is 11.6 Å². The van der Waals surface area contributed by atoms with Crippen molar-refractivity contribution in [2.45, 2.75) is 24.3 Å².